The Balaban J connectivity index is 1.55. The van der Waals surface area contributed by atoms with Crippen LogP contribution in [0.5, 0.6) is 5.88 Å². The molecular formula is C22H27N5O4S. The van der Waals surface area contributed by atoms with Crippen molar-refractivity contribution in [2.75, 3.05) is 18.7 Å². The van der Waals surface area contributed by atoms with Crippen molar-refractivity contribution in [2.24, 2.45) is 5.92 Å². The lowest BCUT2D eigenvalue weighted by Crippen LogP contribution is -2.36. The third kappa shape index (κ3) is 5.82. The Hall–Kier alpha value is -3.01. The Bertz CT molecular complexity index is 1130. The second-order valence-corrected chi connectivity index (χ2v) is 10.2. The molecular weight excluding hydrogens is 430 g/mol. The number of anilines is 1. The van der Waals surface area contributed by atoms with Gasteiger partial charge in [0.25, 0.3) is 5.91 Å². The van der Waals surface area contributed by atoms with Gasteiger partial charge in [0.05, 0.1) is 18.8 Å². The number of rotatable bonds is 10. The molecule has 10 heteroatoms. The molecule has 2 fully saturated rings. The van der Waals surface area contributed by atoms with Gasteiger partial charge in [0.1, 0.15) is 0 Å². The summed E-state index contributed by atoms with van der Waals surface area (Å²) in [5.74, 6) is 1.10. The van der Waals surface area contributed by atoms with Gasteiger partial charge in [-0.2, -0.15) is 0 Å². The summed E-state index contributed by atoms with van der Waals surface area (Å²) >= 11 is 0. The molecule has 2 aliphatic carbocycles. The van der Waals surface area contributed by atoms with Crippen molar-refractivity contribution in [1.82, 2.24) is 20.3 Å². The molecule has 0 aromatic carbocycles. The Morgan fingerprint density at radius 3 is 2.72 bits per heavy atom. The van der Waals surface area contributed by atoms with Gasteiger partial charge in [0.2, 0.25) is 5.88 Å². The fourth-order valence-electron chi connectivity index (χ4n) is 3.41. The minimum Gasteiger partial charge on any atom is -0.481 e. The predicted octanol–water partition coefficient (Wildman–Crippen LogP) is 2.44. The lowest BCUT2D eigenvalue weighted by molar-refractivity contribution is 0.0936. The van der Waals surface area contributed by atoms with Gasteiger partial charge >= 0.3 is 0 Å². The third-order valence-corrected chi connectivity index (χ3v) is 6.10. The SMILES string of the molecule is COc1ncccc1CNc1nc(C2CC2)cnc1C(=O)N[C@H](/C=C/S(C)(=O)=O)C1CC1. The van der Waals surface area contributed by atoms with Crippen molar-refractivity contribution in [1.29, 1.82) is 0 Å². The Morgan fingerprint density at radius 1 is 1.28 bits per heavy atom. The van der Waals surface area contributed by atoms with Crippen LogP contribution in [0.3, 0.4) is 0 Å². The summed E-state index contributed by atoms with van der Waals surface area (Å²) in [4.78, 5) is 26.4. The number of pyridine rings is 1. The third-order valence-electron chi connectivity index (χ3n) is 5.45. The van der Waals surface area contributed by atoms with Crippen LogP contribution in [0.1, 0.15) is 53.3 Å². The van der Waals surface area contributed by atoms with Crippen molar-refractivity contribution < 1.29 is 17.9 Å². The number of hydrogen-bond acceptors (Lipinski definition) is 8. The van der Waals surface area contributed by atoms with E-state index in [1.54, 1.807) is 25.6 Å². The van der Waals surface area contributed by atoms with E-state index in [1.807, 2.05) is 12.1 Å². The van der Waals surface area contributed by atoms with Gasteiger partial charge in [-0.1, -0.05) is 12.1 Å². The second-order valence-electron chi connectivity index (χ2n) is 8.29. The van der Waals surface area contributed by atoms with Crippen molar-refractivity contribution in [2.45, 2.75) is 44.2 Å². The number of nitrogens with one attached hydrogen (secondary N) is 2. The highest BCUT2D eigenvalue weighted by Gasteiger charge is 2.32. The van der Waals surface area contributed by atoms with Gasteiger partial charge in [-0.05, 0) is 37.7 Å². The van der Waals surface area contributed by atoms with E-state index in [4.69, 9.17) is 4.74 Å². The van der Waals surface area contributed by atoms with Crippen LogP contribution in [0, 0.1) is 5.92 Å². The maximum Gasteiger partial charge on any atom is 0.274 e. The summed E-state index contributed by atoms with van der Waals surface area (Å²) in [5.41, 5.74) is 1.86. The average Bonchev–Trinajstić information content (AvgIpc) is 3.67. The molecule has 2 aliphatic rings. The maximum absolute atomic E-state index is 13.1. The van der Waals surface area contributed by atoms with Crippen LogP contribution >= 0.6 is 0 Å². The van der Waals surface area contributed by atoms with Crippen LogP contribution in [0.2, 0.25) is 0 Å². The first kappa shape index (κ1) is 22.2. The van der Waals surface area contributed by atoms with Gasteiger partial charge in [-0.15, -0.1) is 0 Å². The lowest BCUT2D eigenvalue weighted by atomic mass is 10.1. The standard InChI is InChI=1S/C22H27N5O4S/c1-31-22-16(4-3-10-23-22)12-25-20-19(24-13-18(26-20)15-7-8-15)21(28)27-17(14-5-6-14)9-11-32(2,29)30/h3-4,9-11,13-15,17H,5-8,12H2,1-2H3,(H,25,26)(H,27,28)/b11-9+/t17-/m1/s1. The van der Waals surface area contributed by atoms with Gasteiger partial charge < -0.3 is 15.4 Å². The van der Waals surface area contributed by atoms with Crippen LogP contribution < -0.4 is 15.4 Å². The van der Waals surface area contributed by atoms with Gasteiger partial charge in [0.15, 0.2) is 21.3 Å². The van der Waals surface area contributed by atoms with Crippen molar-refractivity contribution >= 4 is 21.6 Å². The van der Waals surface area contributed by atoms with E-state index < -0.39 is 15.7 Å². The number of sulfone groups is 1. The number of carbonyl (C=O) groups excluding carboxylic acids is 1. The number of aromatic nitrogens is 3. The van der Waals surface area contributed by atoms with E-state index in [0.717, 1.165) is 48.6 Å². The Morgan fingerprint density at radius 2 is 2.06 bits per heavy atom. The molecule has 0 radical (unpaired) electrons. The molecule has 2 N–H and O–H groups in total. The molecule has 0 saturated heterocycles. The Kier molecular flexibility index (Phi) is 6.40. The zero-order chi connectivity index (χ0) is 22.7. The minimum atomic E-state index is -3.28. The first-order valence-corrected chi connectivity index (χ1v) is 12.6. The maximum atomic E-state index is 13.1. The molecule has 0 bridgehead atoms. The van der Waals surface area contributed by atoms with Crippen LogP contribution in [0.4, 0.5) is 5.82 Å². The number of ether oxygens (including phenoxy) is 1. The topological polar surface area (TPSA) is 123 Å². The average molecular weight is 458 g/mol. The van der Waals surface area contributed by atoms with E-state index in [1.165, 1.54) is 0 Å². The van der Waals surface area contributed by atoms with Crippen molar-refractivity contribution in [3.63, 3.8) is 0 Å². The largest absolute Gasteiger partial charge is 0.481 e. The minimum absolute atomic E-state index is 0.177. The van der Waals surface area contributed by atoms with Gasteiger partial charge in [-0.25, -0.2) is 23.4 Å². The summed E-state index contributed by atoms with van der Waals surface area (Å²) in [6.45, 7) is 0.361. The molecule has 2 aromatic rings. The molecule has 0 unspecified atom stereocenters. The van der Waals surface area contributed by atoms with Crippen molar-refractivity contribution in [3.8, 4) is 5.88 Å². The first-order chi connectivity index (χ1) is 15.3. The number of hydrogen-bond donors (Lipinski definition) is 2. The molecule has 0 aliphatic heterocycles. The molecule has 1 atom stereocenters. The zero-order valence-corrected chi connectivity index (χ0v) is 18.9. The van der Waals surface area contributed by atoms with Crippen LogP contribution in [-0.2, 0) is 16.4 Å². The van der Waals surface area contributed by atoms with E-state index in [2.05, 4.69) is 25.6 Å². The van der Waals surface area contributed by atoms with E-state index in [0.29, 0.717) is 24.2 Å². The van der Waals surface area contributed by atoms with E-state index >= 15 is 0 Å². The van der Waals surface area contributed by atoms with E-state index in [9.17, 15) is 13.2 Å². The fraction of sp³-hybridized carbons (Fsp3) is 0.455. The van der Waals surface area contributed by atoms with Crippen LogP contribution in [0.15, 0.2) is 36.0 Å². The predicted molar refractivity (Wildman–Crippen MR) is 120 cm³/mol. The van der Waals surface area contributed by atoms with Crippen molar-refractivity contribution in [3.05, 3.63) is 53.0 Å². The highest BCUT2D eigenvalue weighted by molar-refractivity contribution is 7.93. The summed E-state index contributed by atoms with van der Waals surface area (Å²) in [6.07, 6.45) is 10.00. The smallest absolute Gasteiger partial charge is 0.274 e. The molecule has 32 heavy (non-hydrogen) atoms. The summed E-state index contributed by atoms with van der Waals surface area (Å²) in [5, 5.41) is 7.28. The summed E-state index contributed by atoms with van der Waals surface area (Å²) in [6, 6.07) is 3.33. The molecule has 2 saturated carbocycles. The van der Waals surface area contributed by atoms with Crippen LogP contribution in [0.25, 0.3) is 0 Å². The molecule has 2 aromatic heterocycles. The normalized spacial score (nSPS) is 17.2. The number of amides is 1. The summed E-state index contributed by atoms with van der Waals surface area (Å²) < 4.78 is 28.3. The molecule has 2 heterocycles. The van der Waals surface area contributed by atoms with Crippen LogP contribution in [-0.4, -0.2) is 48.7 Å². The first-order valence-electron chi connectivity index (χ1n) is 10.6. The monoisotopic (exact) mass is 457 g/mol. The van der Waals surface area contributed by atoms with E-state index in [-0.39, 0.29) is 17.7 Å². The second kappa shape index (κ2) is 9.23. The molecule has 4 rings (SSSR count). The fourth-order valence-corrected chi connectivity index (χ4v) is 3.87. The van der Waals surface area contributed by atoms with Gasteiger partial charge in [0, 0.05) is 42.1 Å². The number of methoxy groups -OCH3 is 1. The zero-order valence-electron chi connectivity index (χ0n) is 18.1. The summed E-state index contributed by atoms with van der Waals surface area (Å²) in [7, 11) is -1.72. The number of carbonyl (C=O) groups is 1. The van der Waals surface area contributed by atoms with Gasteiger partial charge in [-0.3, -0.25) is 4.79 Å². The molecule has 170 valence electrons. The highest BCUT2D eigenvalue weighted by Crippen LogP contribution is 2.39. The Labute approximate surface area is 187 Å². The lowest BCUT2D eigenvalue weighted by Gasteiger charge is -2.16. The number of nitrogens with zero attached hydrogens (tertiary/aromatic N) is 3. The quantitative estimate of drug-likeness (QED) is 0.558. The highest BCUT2D eigenvalue weighted by atomic mass is 32.2. The molecule has 0 spiro atoms. The molecule has 9 nitrogen and oxygen atoms in total. The molecule has 1 amide bonds.